The van der Waals surface area contributed by atoms with Gasteiger partial charge in [0.15, 0.2) is 6.61 Å². The number of ether oxygens (including phenoxy) is 1. The smallest absolute Gasteiger partial charge is 0.257 e. The quantitative estimate of drug-likeness (QED) is 0.756. The van der Waals surface area contributed by atoms with Gasteiger partial charge in [-0.25, -0.2) is 4.98 Å². The van der Waals surface area contributed by atoms with Crippen LogP contribution in [0.4, 0.5) is 0 Å². The lowest BCUT2D eigenvalue weighted by molar-refractivity contribution is -0.123. The van der Waals surface area contributed by atoms with E-state index < -0.39 is 0 Å². The molecule has 0 spiro atoms. The van der Waals surface area contributed by atoms with Gasteiger partial charge in [0.05, 0.1) is 0 Å². The molecule has 0 aliphatic rings. The molecule has 5 heteroatoms. The van der Waals surface area contributed by atoms with Crippen molar-refractivity contribution in [3.05, 3.63) is 48.0 Å². The third-order valence-electron chi connectivity index (χ3n) is 2.86. The van der Waals surface area contributed by atoms with Gasteiger partial charge >= 0.3 is 0 Å². The topological polar surface area (TPSA) is 67.0 Å². The summed E-state index contributed by atoms with van der Waals surface area (Å²) in [6, 6.07) is 7.63. The van der Waals surface area contributed by atoms with Crippen LogP contribution in [0.3, 0.4) is 0 Å². The lowest BCUT2D eigenvalue weighted by Gasteiger charge is -2.07. The lowest BCUT2D eigenvalue weighted by Crippen LogP contribution is -2.29. The average Bonchev–Trinajstić information content (AvgIpc) is 2.96. The van der Waals surface area contributed by atoms with Crippen LogP contribution >= 0.6 is 0 Å². The third-order valence-corrected chi connectivity index (χ3v) is 2.86. The van der Waals surface area contributed by atoms with Gasteiger partial charge in [0.25, 0.3) is 5.91 Å². The largest absolute Gasteiger partial charge is 0.484 e. The zero-order chi connectivity index (χ0) is 14.2. The molecule has 20 heavy (non-hydrogen) atoms. The van der Waals surface area contributed by atoms with E-state index in [2.05, 4.69) is 15.3 Å². The maximum atomic E-state index is 11.6. The Morgan fingerprint density at radius 3 is 2.85 bits per heavy atom. The van der Waals surface area contributed by atoms with E-state index in [1.54, 1.807) is 12.4 Å². The molecule has 0 aliphatic heterocycles. The summed E-state index contributed by atoms with van der Waals surface area (Å²) in [6.45, 7) is 2.68. The van der Waals surface area contributed by atoms with Crippen LogP contribution in [-0.4, -0.2) is 29.0 Å². The highest BCUT2D eigenvalue weighted by Gasteiger charge is 2.02. The van der Waals surface area contributed by atoms with E-state index in [4.69, 9.17) is 4.74 Å². The fourth-order valence-corrected chi connectivity index (χ4v) is 1.75. The van der Waals surface area contributed by atoms with E-state index in [0.717, 1.165) is 18.7 Å². The van der Waals surface area contributed by atoms with Crippen LogP contribution in [-0.2, 0) is 11.2 Å². The summed E-state index contributed by atoms with van der Waals surface area (Å²) in [5.41, 5.74) is 1.17. The predicted molar refractivity (Wildman–Crippen MR) is 76.6 cm³/mol. The zero-order valence-electron chi connectivity index (χ0n) is 11.6. The Morgan fingerprint density at radius 2 is 2.15 bits per heavy atom. The number of aromatic amines is 1. The highest BCUT2D eigenvalue weighted by Crippen LogP contribution is 2.10. The number of rotatable bonds is 7. The van der Waals surface area contributed by atoms with Crippen molar-refractivity contribution in [3.63, 3.8) is 0 Å². The van der Waals surface area contributed by atoms with E-state index in [-0.39, 0.29) is 12.5 Å². The van der Waals surface area contributed by atoms with Gasteiger partial charge in [-0.3, -0.25) is 4.79 Å². The summed E-state index contributed by atoms with van der Waals surface area (Å²) in [7, 11) is 0. The first-order valence-corrected chi connectivity index (χ1v) is 6.68. The van der Waals surface area contributed by atoms with E-state index in [9.17, 15) is 4.79 Å². The molecule has 2 N–H and O–H groups in total. The van der Waals surface area contributed by atoms with Gasteiger partial charge in [0.1, 0.15) is 11.6 Å². The number of hydrogen-bond acceptors (Lipinski definition) is 3. The SMILES string of the molecule is Cc1ccc(OCC(=O)NCCCc2ncc[nH]2)cc1. The van der Waals surface area contributed by atoms with Crippen molar-refractivity contribution in [2.45, 2.75) is 19.8 Å². The molecule has 1 aromatic heterocycles. The molecule has 0 saturated carbocycles. The Balaban J connectivity index is 1.59. The van der Waals surface area contributed by atoms with E-state index >= 15 is 0 Å². The van der Waals surface area contributed by atoms with Crippen molar-refractivity contribution in [3.8, 4) is 5.75 Å². The number of amides is 1. The number of H-pyrrole nitrogens is 1. The fraction of sp³-hybridized carbons (Fsp3) is 0.333. The van der Waals surface area contributed by atoms with Crippen LogP contribution in [0.25, 0.3) is 0 Å². The van der Waals surface area contributed by atoms with Gasteiger partial charge in [0.2, 0.25) is 0 Å². The first kappa shape index (κ1) is 14.1. The number of nitrogens with one attached hydrogen (secondary N) is 2. The molecule has 1 heterocycles. The number of nitrogens with zero attached hydrogens (tertiary/aromatic N) is 1. The summed E-state index contributed by atoms with van der Waals surface area (Å²) < 4.78 is 5.40. The molecule has 0 fully saturated rings. The highest BCUT2D eigenvalue weighted by atomic mass is 16.5. The van der Waals surface area contributed by atoms with Gasteiger partial charge in [-0.15, -0.1) is 0 Å². The standard InChI is InChI=1S/C15H19N3O2/c1-12-4-6-13(7-5-12)20-11-15(19)18-8-2-3-14-16-9-10-17-14/h4-7,9-10H,2-3,8,11H2,1H3,(H,16,17)(H,18,19). The minimum absolute atomic E-state index is 0.0454. The summed E-state index contributed by atoms with van der Waals surface area (Å²) >= 11 is 0. The van der Waals surface area contributed by atoms with Crippen LogP contribution in [0.15, 0.2) is 36.7 Å². The normalized spacial score (nSPS) is 10.2. The van der Waals surface area contributed by atoms with Crippen molar-refractivity contribution in [2.24, 2.45) is 0 Å². The molecule has 5 nitrogen and oxygen atoms in total. The first-order valence-electron chi connectivity index (χ1n) is 6.68. The van der Waals surface area contributed by atoms with Crippen molar-refractivity contribution in [1.82, 2.24) is 15.3 Å². The van der Waals surface area contributed by atoms with Gasteiger partial charge < -0.3 is 15.0 Å². The van der Waals surface area contributed by atoms with E-state index in [1.165, 1.54) is 5.56 Å². The first-order chi connectivity index (χ1) is 9.74. The minimum atomic E-state index is -0.106. The summed E-state index contributed by atoms with van der Waals surface area (Å²) in [6.07, 6.45) is 5.20. The Kier molecular flexibility index (Phi) is 5.17. The average molecular weight is 273 g/mol. The van der Waals surface area contributed by atoms with Crippen molar-refractivity contribution in [2.75, 3.05) is 13.2 Å². The van der Waals surface area contributed by atoms with Crippen LogP contribution in [0.2, 0.25) is 0 Å². The van der Waals surface area contributed by atoms with Crippen molar-refractivity contribution >= 4 is 5.91 Å². The molecule has 1 aromatic carbocycles. The molecule has 0 unspecified atom stereocenters. The minimum Gasteiger partial charge on any atom is -0.484 e. The Morgan fingerprint density at radius 1 is 1.35 bits per heavy atom. The molecule has 0 saturated heterocycles. The number of aromatic nitrogens is 2. The molecule has 106 valence electrons. The second-order valence-electron chi connectivity index (χ2n) is 4.59. The number of hydrogen-bond donors (Lipinski definition) is 2. The predicted octanol–water partition coefficient (Wildman–Crippen LogP) is 1.85. The monoisotopic (exact) mass is 273 g/mol. The molecule has 0 radical (unpaired) electrons. The molecule has 2 rings (SSSR count). The Labute approximate surface area is 118 Å². The second-order valence-corrected chi connectivity index (χ2v) is 4.59. The number of carbonyl (C=O) groups excluding carboxylic acids is 1. The third kappa shape index (κ3) is 4.76. The molecular formula is C15H19N3O2. The van der Waals surface area contributed by atoms with Gasteiger partial charge in [-0.05, 0) is 25.5 Å². The summed E-state index contributed by atoms with van der Waals surface area (Å²) in [4.78, 5) is 18.7. The van der Waals surface area contributed by atoms with E-state index in [0.29, 0.717) is 12.3 Å². The number of carbonyl (C=O) groups is 1. The van der Waals surface area contributed by atoms with Crippen molar-refractivity contribution < 1.29 is 9.53 Å². The van der Waals surface area contributed by atoms with Crippen LogP contribution < -0.4 is 10.1 Å². The van der Waals surface area contributed by atoms with Gasteiger partial charge in [-0.1, -0.05) is 17.7 Å². The molecule has 0 bridgehead atoms. The highest BCUT2D eigenvalue weighted by molar-refractivity contribution is 5.77. The van der Waals surface area contributed by atoms with Crippen LogP contribution in [0.5, 0.6) is 5.75 Å². The van der Waals surface area contributed by atoms with E-state index in [1.807, 2.05) is 31.2 Å². The number of imidazole rings is 1. The van der Waals surface area contributed by atoms with Crippen molar-refractivity contribution in [1.29, 1.82) is 0 Å². The summed E-state index contributed by atoms with van der Waals surface area (Å²) in [5.74, 6) is 1.54. The molecular weight excluding hydrogens is 254 g/mol. The lowest BCUT2D eigenvalue weighted by atomic mass is 10.2. The zero-order valence-corrected chi connectivity index (χ0v) is 11.6. The Bertz CT molecular complexity index is 521. The molecule has 0 atom stereocenters. The fourth-order valence-electron chi connectivity index (χ4n) is 1.75. The molecule has 0 aliphatic carbocycles. The molecule has 2 aromatic rings. The maximum absolute atomic E-state index is 11.6. The van der Waals surface area contributed by atoms with Gasteiger partial charge in [0, 0.05) is 25.4 Å². The Hall–Kier alpha value is -2.30. The number of benzene rings is 1. The second kappa shape index (κ2) is 7.33. The van der Waals surface area contributed by atoms with Crippen LogP contribution in [0, 0.1) is 6.92 Å². The maximum Gasteiger partial charge on any atom is 0.257 e. The summed E-state index contributed by atoms with van der Waals surface area (Å²) in [5, 5.41) is 2.82. The number of aryl methyl sites for hydroxylation is 2. The molecule has 1 amide bonds. The van der Waals surface area contributed by atoms with Crippen LogP contribution in [0.1, 0.15) is 17.8 Å². The van der Waals surface area contributed by atoms with Gasteiger partial charge in [-0.2, -0.15) is 0 Å².